The molecule has 0 amide bonds. The van der Waals surface area contributed by atoms with E-state index < -0.39 is 0 Å². The first-order valence-electron chi connectivity index (χ1n) is 16.9. The minimum absolute atomic E-state index is 0.0993. The molecule has 0 unspecified atom stereocenters. The molecular formula is C46H32N2S. The molecule has 8 aromatic rings. The number of thiazole rings is 1. The van der Waals surface area contributed by atoms with Gasteiger partial charge in [-0.05, 0) is 63.7 Å². The molecular weight excluding hydrogens is 613 g/mol. The largest absolute Gasteiger partial charge is 0.310 e. The fourth-order valence-electron chi connectivity index (χ4n) is 8.08. The van der Waals surface area contributed by atoms with Gasteiger partial charge in [0.05, 0.1) is 16.3 Å². The Hall–Kier alpha value is -5.77. The lowest BCUT2D eigenvalue weighted by atomic mass is 9.82. The second kappa shape index (κ2) is 10.6. The third-order valence-corrected chi connectivity index (χ3v) is 11.6. The zero-order valence-corrected chi connectivity index (χ0v) is 28.1. The zero-order chi connectivity index (χ0) is 32.7. The molecule has 0 atom stereocenters. The van der Waals surface area contributed by atoms with E-state index in [0.29, 0.717) is 0 Å². The van der Waals surface area contributed by atoms with E-state index in [2.05, 4.69) is 176 Å². The Morgan fingerprint density at radius 1 is 0.510 bits per heavy atom. The summed E-state index contributed by atoms with van der Waals surface area (Å²) in [6, 6.07) is 57.5. The van der Waals surface area contributed by atoms with Crippen LogP contribution in [0.15, 0.2) is 158 Å². The monoisotopic (exact) mass is 644 g/mol. The SMILES string of the molecule is CC1(C)c2ccccc2-c2ccc(N(c3cccc(-c4ccccc4)c3)c3ccc4c5c(cccc35)-c3sc(-c5ccccc5)nc3-4)cc21. The van der Waals surface area contributed by atoms with Crippen molar-refractivity contribution >= 4 is 39.2 Å². The van der Waals surface area contributed by atoms with Crippen molar-refractivity contribution in [3.05, 3.63) is 169 Å². The number of hydrogen-bond acceptors (Lipinski definition) is 3. The van der Waals surface area contributed by atoms with E-state index in [4.69, 9.17) is 4.98 Å². The number of hydrogen-bond donors (Lipinski definition) is 0. The lowest BCUT2D eigenvalue weighted by Crippen LogP contribution is -2.16. The van der Waals surface area contributed by atoms with E-state index in [1.165, 1.54) is 65.7 Å². The van der Waals surface area contributed by atoms with Gasteiger partial charge in [0.25, 0.3) is 0 Å². The van der Waals surface area contributed by atoms with Gasteiger partial charge in [0.1, 0.15) is 5.01 Å². The molecule has 0 radical (unpaired) electrons. The number of anilines is 3. The molecule has 0 saturated heterocycles. The number of benzene rings is 7. The quantitative estimate of drug-likeness (QED) is 0.185. The van der Waals surface area contributed by atoms with Gasteiger partial charge in [-0.1, -0.05) is 141 Å². The van der Waals surface area contributed by atoms with E-state index in [0.717, 1.165) is 27.8 Å². The van der Waals surface area contributed by atoms with Crippen molar-refractivity contribution in [2.24, 2.45) is 0 Å². The Morgan fingerprint density at radius 3 is 2.00 bits per heavy atom. The van der Waals surface area contributed by atoms with E-state index in [9.17, 15) is 0 Å². The van der Waals surface area contributed by atoms with Crippen molar-refractivity contribution in [2.45, 2.75) is 19.3 Å². The lowest BCUT2D eigenvalue weighted by molar-refractivity contribution is 0.660. The molecule has 10 rings (SSSR count). The summed E-state index contributed by atoms with van der Waals surface area (Å²) in [5.74, 6) is 0. The molecule has 0 bridgehead atoms. The Balaban J connectivity index is 1.18. The first-order valence-corrected chi connectivity index (χ1v) is 17.7. The average Bonchev–Trinajstić information content (AvgIpc) is 3.79. The Morgan fingerprint density at radius 2 is 1.16 bits per heavy atom. The molecule has 0 fully saturated rings. The molecule has 3 heteroatoms. The van der Waals surface area contributed by atoms with Crippen LogP contribution in [0.3, 0.4) is 0 Å². The van der Waals surface area contributed by atoms with Crippen molar-refractivity contribution in [3.8, 4) is 54.5 Å². The highest BCUT2D eigenvalue weighted by atomic mass is 32.1. The Labute approximate surface area is 290 Å². The van der Waals surface area contributed by atoms with Crippen LogP contribution in [-0.2, 0) is 5.41 Å². The molecule has 0 N–H and O–H groups in total. The molecule has 2 nitrogen and oxygen atoms in total. The molecule has 0 spiro atoms. The third-order valence-electron chi connectivity index (χ3n) is 10.4. The first-order chi connectivity index (χ1) is 24.1. The van der Waals surface area contributed by atoms with Gasteiger partial charge >= 0.3 is 0 Å². The summed E-state index contributed by atoms with van der Waals surface area (Å²) in [5.41, 5.74) is 15.9. The topological polar surface area (TPSA) is 16.1 Å². The van der Waals surface area contributed by atoms with Gasteiger partial charge in [-0.3, -0.25) is 0 Å². The van der Waals surface area contributed by atoms with Gasteiger partial charge in [-0.2, -0.15) is 0 Å². The summed E-state index contributed by atoms with van der Waals surface area (Å²) in [4.78, 5) is 8.93. The Kier molecular flexibility index (Phi) is 6.12. The van der Waals surface area contributed by atoms with Gasteiger partial charge in [-0.15, -0.1) is 11.3 Å². The lowest BCUT2D eigenvalue weighted by Gasteiger charge is -2.29. The third kappa shape index (κ3) is 4.22. The zero-order valence-electron chi connectivity index (χ0n) is 27.3. The minimum atomic E-state index is -0.0993. The van der Waals surface area contributed by atoms with Gasteiger partial charge in [0.15, 0.2) is 0 Å². The minimum Gasteiger partial charge on any atom is -0.310 e. The van der Waals surface area contributed by atoms with Crippen LogP contribution in [-0.4, -0.2) is 4.98 Å². The fraction of sp³-hybridized carbons (Fsp3) is 0.0652. The molecule has 1 heterocycles. The maximum Gasteiger partial charge on any atom is 0.124 e. The Bertz CT molecular complexity index is 2550. The highest BCUT2D eigenvalue weighted by molar-refractivity contribution is 7.19. The summed E-state index contributed by atoms with van der Waals surface area (Å²) >= 11 is 1.79. The van der Waals surface area contributed by atoms with E-state index in [1.807, 2.05) is 0 Å². The van der Waals surface area contributed by atoms with E-state index >= 15 is 0 Å². The smallest absolute Gasteiger partial charge is 0.124 e. The van der Waals surface area contributed by atoms with Gasteiger partial charge < -0.3 is 4.90 Å². The van der Waals surface area contributed by atoms with Crippen molar-refractivity contribution < 1.29 is 0 Å². The van der Waals surface area contributed by atoms with Gasteiger partial charge in [0, 0.05) is 44.3 Å². The number of nitrogens with zero attached hydrogens (tertiary/aromatic N) is 2. The highest BCUT2D eigenvalue weighted by Crippen LogP contribution is 2.55. The predicted octanol–water partition coefficient (Wildman–Crippen LogP) is 13.1. The number of fused-ring (bicyclic) bond motifs is 6. The molecule has 49 heavy (non-hydrogen) atoms. The summed E-state index contributed by atoms with van der Waals surface area (Å²) < 4.78 is 0. The second-order valence-electron chi connectivity index (χ2n) is 13.6. The van der Waals surface area contributed by atoms with Crippen LogP contribution in [0.4, 0.5) is 17.1 Å². The van der Waals surface area contributed by atoms with Crippen LogP contribution in [0.25, 0.3) is 65.3 Å². The maximum atomic E-state index is 5.22. The van der Waals surface area contributed by atoms with Crippen molar-refractivity contribution in [3.63, 3.8) is 0 Å². The van der Waals surface area contributed by atoms with Crippen LogP contribution in [0, 0.1) is 0 Å². The van der Waals surface area contributed by atoms with Crippen molar-refractivity contribution in [1.29, 1.82) is 0 Å². The van der Waals surface area contributed by atoms with Crippen LogP contribution in [0.2, 0.25) is 0 Å². The van der Waals surface area contributed by atoms with Crippen LogP contribution in [0.5, 0.6) is 0 Å². The molecule has 0 aliphatic heterocycles. The molecule has 2 aliphatic carbocycles. The van der Waals surface area contributed by atoms with Gasteiger partial charge in [-0.25, -0.2) is 4.98 Å². The van der Waals surface area contributed by atoms with E-state index in [1.54, 1.807) is 11.3 Å². The van der Waals surface area contributed by atoms with Crippen molar-refractivity contribution in [2.75, 3.05) is 4.90 Å². The predicted molar refractivity (Wildman–Crippen MR) is 207 cm³/mol. The normalized spacial score (nSPS) is 13.3. The molecule has 1 aromatic heterocycles. The van der Waals surface area contributed by atoms with Crippen LogP contribution < -0.4 is 4.90 Å². The van der Waals surface area contributed by atoms with E-state index in [-0.39, 0.29) is 5.41 Å². The summed E-state index contributed by atoms with van der Waals surface area (Å²) in [6.07, 6.45) is 0. The standard InChI is InChI=1S/C46H32N2S/c1-46(2)39-22-10-9-19-34(39)35-24-23-33(28-40(35)46)48(32-18-11-17-31(27-32)29-13-5-3-6-14-29)41-26-25-37-42-36(41)20-12-21-38(42)44-43(37)47-45(49-44)30-15-7-4-8-16-30/h3-28H,1-2H3. The highest BCUT2D eigenvalue weighted by Gasteiger charge is 2.36. The summed E-state index contributed by atoms with van der Waals surface area (Å²) in [6.45, 7) is 4.71. The van der Waals surface area contributed by atoms with Crippen molar-refractivity contribution in [1.82, 2.24) is 4.98 Å². The second-order valence-corrected chi connectivity index (χ2v) is 14.6. The molecule has 0 saturated carbocycles. The van der Waals surface area contributed by atoms with Crippen LogP contribution >= 0.6 is 11.3 Å². The summed E-state index contributed by atoms with van der Waals surface area (Å²) in [7, 11) is 0. The molecule has 7 aromatic carbocycles. The molecule has 2 aliphatic rings. The fourth-order valence-corrected chi connectivity index (χ4v) is 9.19. The average molecular weight is 645 g/mol. The number of rotatable bonds is 5. The summed E-state index contributed by atoms with van der Waals surface area (Å²) in [5, 5.41) is 3.58. The maximum absolute atomic E-state index is 5.22. The first kappa shape index (κ1) is 28.3. The van der Waals surface area contributed by atoms with Gasteiger partial charge in [0.2, 0.25) is 0 Å². The molecule has 232 valence electrons. The van der Waals surface area contributed by atoms with Crippen LogP contribution in [0.1, 0.15) is 25.0 Å². The number of aromatic nitrogens is 1.